The molecule has 5 heterocycles. The van der Waals surface area contributed by atoms with E-state index in [2.05, 4.69) is 31.0 Å². The van der Waals surface area contributed by atoms with E-state index in [4.69, 9.17) is 34.9 Å². The monoisotopic (exact) mass is 891 g/mol. The first-order chi connectivity index (χ1) is 28.0. The molecule has 26 nitrogen and oxygen atoms in total. The Balaban J connectivity index is 1.46. The molecule has 3 aromatic rings. The summed E-state index contributed by atoms with van der Waals surface area (Å²) in [5.74, 6) is -1.88. The molecule has 10 N–H and O–H groups in total. The second-order valence-corrected chi connectivity index (χ2v) is 17.7. The first-order valence-electron chi connectivity index (χ1n) is 18.0. The number of phosphoric acid groups is 1. The third-order valence-corrected chi connectivity index (χ3v) is 11.7. The molecule has 2 aliphatic rings. The number of aliphatic hydroxyl groups excluding tert-OH is 2. The van der Waals surface area contributed by atoms with E-state index in [1.807, 2.05) is 0 Å². The van der Waals surface area contributed by atoms with Crippen molar-refractivity contribution in [3.63, 3.8) is 0 Å². The summed E-state index contributed by atoms with van der Waals surface area (Å²) in [5, 5.41) is 33.2. The number of amides is 1. The van der Waals surface area contributed by atoms with Gasteiger partial charge >= 0.3 is 27.1 Å². The van der Waals surface area contributed by atoms with E-state index in [1.54, 1.807) is 0 Å². The molecule has 0 aromatic carbocycles. The minimum Gasteiger partial charge on any atom is -0.455 e. The fourth-order valence-corrected chi connectivity index (χ4v) is 8.37. The topological polar surface area (TPSA) is 379 Å². The van der Waals surface area contributed by atoms with Crippen LogP contribution in [-0.4, -0.2) is 157 Å². The van der Waals surface area contributed by atoms with Gasteiger partial charge < -0.3 is 69.8 Å². The molecule has 0 radical (unpaired) electrons. The number of ether oxygens (including phenoxy) is 4. The number of imidazole rings is 1. The SMILES string of the molecule is C=CCCC(=O)N(C)[C@@H](COCC(C)(C)O)C(=O)O[C@@H]1C(COP(=O)(O)[C@H]2[C@@H](O)[C@H](n3ccc(N)nc3=O)O[C@@H]2COP(=O)(O)O)O[C@@H](n2cnc3c(N)ncnc32)[C@@H]1O. The number of anilines is 2. The van der Waals surface area contributed by atoms with Crippen LogP contribution in [0.15, 0.2) is 42.4 Å². The number of aliphatic hydroxyl groups is 3. The number of carbonyl (C=O) groups is 2. The first kappa shape index (κ1) is 46.8. The lowest BCUT2D eigenvalue weighted by Crippen LogP contribution is -2.50. The van der Waals surface area contributed by atoms with Crippen LogP contribution in [0.5, 0.6) is 0 Å². The molecule has 5 rings (SSSR count). The highest BCUT2D eigenvalue weighted by Gasteiger charge is 2.56. The summed E-state index contributed by atoms with van der Waals surface area (Å²) in [7, 11) is -9.21. The van der Waals surface area contributed by atoms with Crippen LogP contribution in [0.25, 0.3) is 11.2 Å². The Hall–Kier alpha value is -4.27. The van der Waals surface area contributed by atoms with Crippen molar-refractivity contribution < 1.29 is 76.7 Å². The Labute approximate surface area is 340 Å². The van der Waals surface area contributed by atoms with Gasteiger partial charge in [0.1, 0.15) is 47.7 Å². The number of rotatable bonds is 19. The van der Waals surface area contributed by atoms with Gasteiger partial charge in [-0.2, -0.15) is 4.98 Å². The quantitative estimate of drug-likeness (QED) is 0.0364. The van der Waals surface area contributed by atoms with E-state index >= 15 is 0 Å². The number of aromatic nitrogens is 6. The van der Waals surface area contributed by atoms with Gasteiger partial charge in [-0.25, -0.2) is 29.1 Å². The summed E-state index contributed by atoms with van der Waals surface area (Å²) in [5.41, 5.74) is 7.21. The molecular weight excluding hydrogens is 844 g/mol. The van der Waals surface area contributed by atoms with Gasteiger partial charge in [0.25, 0.3) is 0 Å². The van der Waals surface area contributed by atoms with Crippen LogP contribution in [0.2, 0.25) is 0 Å². The van der Waals surface area contributed by atoms with Gasteiger partial charge in [-0.1, -0.05) is 6.08 Å². The molecule has 0 spiro atoms. The minimum atomic E-state index is -5.30. The first-order valence-corrected chi connectivity index (χ1v) is 21.2. The molecule has 332 valence electrons. The number of fused-ring (bicyclic) bond motifs is 1. The normalized spacial score (nSPS) is 26.1. The summed E-state index contributed by atoms with van der Waals surface area (Å²) in [6.45, 7) is 3.69. The van der Waals surface area contributed by atoms with E-state index in [0.29, 0.717) is 4.57 Å². The third-order valence-electron chi connectivity index (χ3n) is 9.32. The summed E-state index contributed by atoms with van der Waals surface area (Å²) < 4.78 is 60.6. The van der Waals surface area contributed by atoms with Gasteiger partial charge in [0.05, 0.1) is 38.4 Å². The molecule has 0 saturated carbocycles. The second-order valence-electron chi connectivity index (χ2n) is 14.5. The molecule has 2 aliphatic heterocycles. The van der Waals surface area contributed by atoms with Crippen LogP contribution < -0.4 is 17.2 Å². The van der Waals surface area contributed by atoms with Crippen LogP contribution in [0.3, 0.4) is 0 Å². The van der Waals surface area contributed by atoms with E-state index < -0.39 is 113 Å². The van der Waals surface area contributed by atoms with Crippen molar-refractivity contribution in [3.05, 3.63) is 48.1 Å². The molecule has 3 aromatic heterocycles. The second kappa shape index (κ2) is 18.8. The lowest BCUT2D eigenvalue weighted by molar-refractivity contribution is -0.168. The molecule has 2 fully saturated rings. The van der Waals surface area contributed by atoms with E-state index in [-0.39, 0.29) is 42.2 Å². The van der Waals surface area contributed by atoms with E-state index in [0.717, 1.165) is 23.5 Å². The van der Waals surface area contributed by atoms with Crippen LogP contribution in [0.1, 0.15) is 39.1 Å². The van der Waals surface area contributed by atoms with Gasteiger partial charge in [0, 0.05) is 19.7 Å². The number of esters is 1. The molecule has 1 amide bonds. The van der Waals surface area contributed by atoms with Crippen LogP contribution in [0.4, 0.5) is 11.6 Å². The van der Waals surface area contributed by atoms with Crippen molar-refractivity contribution in [1.82, 2.24) is 34.0 Å². The summed E-state index contributed by atoms with van der Waals surface area (Å²) in [6.07, 6.45) is -7.28. The molecule has 0 bridgehead atoms. The number of likely N-dealkylation sites (N-methyl/N-ethyl adjacent to an activating group) is 1. The predicted molar refractivity (Wildman–Crippen MR) is 203 cm³/mol. The van der Waals surface area contributed by atoms with Gasteiger partial charge in [-0.3, -0.25) is 23.0 Å². The highest BCUT2D eigenvalue weighted by molar-refractivity contribution is 7.53. The zero-order valence-electron chi connectivity index (χ0n) is 32.4. The standard InChI is InChI=1S/C32H47N9O17P2/c1-5-6-7-20(42)39(4)16(10-53-13-32(2,3)47)30(45)58-24-17(56-28(22(24)43)41-15-37-21-26(34)35-14-36-27(21)41)11-54-59(48,49)25-18(12-55-60(50,51)52)57-29(23(25)44)40-9-8-19(33)38-31(40)46/h5,8-9,14-18,22-25,28-29,43-44,47H,1,6-7,10-13H2,2-4H3,(H,48,49)(H2,33,38,46)(H2,34,35,36)(H2,50,51,52)/t16-,17?,18+,22+,23+,24+,25+,28+,29+/m0/s1. The number of allylic oxidation sites excluding steroid dienone is 1. The van der Waals surface area contributed by atoms with Crippen LogP contribution in [0, 0.1) is 0 Å². The van der Waals surface area contributed by atoms with Gasteiger partial charge in [0.2, 0.25) is 5.91 Å². The van der Waals surface area contributed by atoms with Crippen LogP contribution in [-0.2, 0) is 46.7 Å². The molecule has 10 atom stereocenters. The van der Waals surface area contributed by atoms with Crippen molar-refractivity contribution in [3.8, 4) is 0 Å². The number of phosphoric ester groups is 1. The zero-order chi connectivity index (χ0) is 44.3. The molecule has 60 heavy (non-hydrogen) atoms. The molecular formula is C32H47N9O17P2. The number of nitrogens with zero attached hydrogens (tertiary/aromatic N) is 7. The molecule has 2 saturated heterocycles. The fraction of sp³-hybridized carbons (Fsp3) is 0.594. The van der Waals surface area contributed by atoms with Crippen molar-refractivity contribution in [2.45, 2.75) is 87.0 Å². The lowest BCUT2D eigenvalue weighted by Gasteiger charge is -2.30. The Morgan fingerprint density at radius 1 is 1.05 bits per heavy atom. The number of hydrogen-bond acceptors (Lipinski definition) is 20. The summed E-state index contributed by atoms with van der Waals surface area (Å²) >= 11 is 0. The van der Waals surface area contributed by atoms with Gasteiger partial charge in [0.15, 0.2) is 36.1 Å². The maximum Gasteiger partial charge on any atom is 0.469 e. The van der Waals surface area contributed by atoms with Crippen molar-refractivity contribution in [2.75, 3.05) is 44.9 Å². The average molecular weight is 892 g/mol. The Kier molecular flexibility index (Phi) is 14.6. The minimum absolute atomic E-state index is 0.0293. The third kappa shape index (κ3) is 11.0. The lowest BCUT2D eigenvalue weighted by atomic mass is 10.1. The zero-order valence-corrected chi connectivity index (χ0v) is 34.2. The number of nitrogens with two attached hydrogens (primary N) is 2. The molecule has 2 unspecified atom stereocenters. The van der Waals surface area contributed by atoms with Gasteiger partial charge in [-0.05, 0) is 26.3 Å². The van der Waals surface area contributed by atoms with Crippen molar-refractivity contribution >= 4 is 50.1 Å². The van der Waals surface area contributed by atoms with Gasteiger partial charge in [-0.15, -0.1) is 6.58 Å². The van der Waals surface area contributed by atoms with Crippen molar-refractivity contribution in [1.29, 1.82) is 0 Å². The fourth-order valence-electron chi connectivity index (χ4n) is 6.39. The Bertz CT molecular complexity index is 2180. The smallest absolute Gasteiger partial charge is 0.455 e. The highest BCUT2D eigenvalue weighted by Crippen LogP contribution is 2.56. The van der Waals surface area contributed by atoms with Crippen molar-refractivity contribution in [2.24, 2.45) is 0 Å². The number of hydrogen-bond donors (Lipinski definition) is 8. The van der Waals surface area contributed by atoms with E-state index in [9.17, 15) is 53.5 Å². The maximum absolute atomic E-state index is 14.1. The predicted octanol–water partition coefficient (Wildman–Crippen LogP) is -2.06. The maximum atomic E-state index is 14.1. The average Bonchev–Trinajstić information content (AvgIpc) is 3.83. The summed E-state index contributed by atoms with van der Waals surface area (Å²) in [6, 6.07) is -0.309. The van der Waals surface area contributed by atoms with E-state index in [1.165, 1.54) is 37.9 Å². The van der Waals surface area contributed by atoms with Crippen LogP contribution >= 0.6 is 15.4 Å². The number of nitrogen functional groups attached to an aromatic ring is 2. The Morgan fingerprint density at radius 2 is 1.72 bits per heavy atom. The highest BCUT2D eigenvalue weighted by atomic mass is 31.2. The molecule has 28 heteroatoms. The Morgan fingerprint density at radius 3 is 2.37 bits per heavy atom. The number of carbonyl (C=O) groups excluding carboxylic acids is 2. The largest absolute Gasteiger partial charge is 0.469 e. The summed E-state index contributed by atoms with van der Waals surface area (Å²) in [4.78, 5) is 86.5. The molecule has 0 aliphatic carbocycles.